The van der Waals surface area contributed by atoms with Crippen molar-refractivity contribution in [2.75, 3.05) is 7.11 Å². The van der Waals surface area contributed by atoms with E-state index in [0.29, 0.717) is 17.0 Å². The number of hydrogen-bond donors (Lipinski definition) is 1. The number of aryl methyl sites for hydroxylation is 2. The summed E-state index contributed by atoms with van der Waals surface area (Å²) in [5.41, 5.74) is 1.82. The maximum Gasteiger partial charge on any atom is 0.348 e. The fourth-order valence-electron chi connectivity index (χ4n) is 2.17. The summed E-state index contributed by atoms with van der Waals surface area (Å²) >= 11 is 0. The first-order chi connectivity index (χ1) is 9.92. The second-order valence-electron chi connectivity index (χ2n) is 4.74. The number of carboxylic acids is 1. The maximum absolute atomic E-state index is 12.0. The highest BCUT2D eigenvalue weighted by molar-refractivity contribution is 5.88. The molecule has 0 fully saturated rings. The second-order valence-corrected chi connectivity index (χ2v) is 4.74. The third-order valence-corrected chi connectivity index (χ3v) is 3.20. The summed E-state index contributed by atoms with van der Waals surface area (Å²) < 4.78 is 6.71. The summed E-state index contributed by atoms with van der Waals surface area (Å²) in [6, 6.07) is 6.36. The summed E-state index contributed by atoms with van der Waals surface area (Å²) in [5, 5.41) is 9.06. The molecule has 2 aromatic rings. The summed E-state index contributed by atoms with van der Waals surface area (Å²) in [6.07, 6.45) is 0. The molecule has 1 aromatic heterocycles. The topological polar surface area (TPSA) is 81.4 Å². The lowest BCUT2D eigenvalue weighted by atomic mass is 10.1. The molecule has 0 spiro atoms. The molecule has 1 aromatic carbocycles. The highest BCUT2D eigenvalue weighted by Crippen LogP contribution is 2.21. The van der Waals surface area contributed by atoms with Crippen LogP contribution in [-0.4, -0.2) is 27.7 Å². The van der Waals surface area contributed by atoms with Crippen molar-refractivity contribution in [2.45, 2.75) is 20.4 Å². The molecule has 1 heterocycles. The molecule has 21 heavy (non-hydrogen) atoms. The summed E-state index contributed by atoms with van der Waals surface area (Å²) in [6.45, 7) is 3.77. The Balaban J connectivity index is 2.50. The van der Waals surface area contributed by atoms with Crippen LogP contribution in [0.15, 0.2) is 29.1 Å². The quantitative estimate of drug-likeness (QED) is 0.924. The zero-order valence-corrected chi connectivity index (χ0v) is 12.1. The molecule has 0 atom stereocenters. The Morgan fingerprint density at radius 1 is 1.33 bits per heavy atom. The summed E-state index contributed by atoms with van der Waals surface area (Å²) in [4.78, 5) is 26.9. The largest absolute Gasteiger partial charge is 0.496 e. The number of rotatable bonds is 4. The number of aromatic nitrogens is 2. The van der Waals surface area contributed by atoms with Gasteiger partial charge in [-0.3, -0.25) is 4.57 Å². The molecule has 0 unspecified atom stereocenters. The Morgan fingerprint density at radius 2 is 2.05 bits per heavy atom. The number of aromatic carboxylic acids is 1. The van der Waals surface area contributed by atoms with Crippen LogP contribution in [0, 0.1) is 13.8 Å². The van der Waals surface area contributed by atoms with E-state index in [4.69, 9.17) is 9.84 Å². The van der Waals surface area contributed by atoms with E-state index in [1.54, 1.807) is 19.1 Å². The van der Waals surface area contributed by atoms with Gasteiger partial charge in [-0.05, 0) is 38.1 Å². The van der Waals surface area contributed by atoms with Crippen LogP contribution in [-0.2, 0) is 6.54 Å². The van der Waals surface area contributed by atoms with Gasteiger partial charge in [0.1, 0.15) is 5.75 Å². The molecule has 0 saturated heterocycles. The van der Waals surface area contributed by atoms with Crippen LogP contribution in [0.2, 0.25) is 0 Å². The van der Waals surface area contributed by atoms with Gasteiger partial charge in [0.05, 0.1) is 19.2 Å². The third kappa shape index (κ3) is 3.10. The number of benzene rings is 1. The van der Waals surface area contributed by atoms with Crippen LogP contribution in [0.25, 0.3) is 0 Å². The average molecular weight is 288 g/mol. The highest BCUT2D eigenvalue weighted by Gasteiger charge is 2.11. The lowest BCUT2D eigenvalue weighted by Crippen LogP contribution is -2.26. The number of ether oxygens (including phenoxy) is 1. The van der Waals surface area contributed by atoms with E-state index < -0.39 is 5.97 Å². The fraction of sp³-hybridized carbons (Fsp3) is 0.267. The molecule has 0 bridgehead atoms. The molecule has 0 amide bonds. The van der Waals surface area contributed by atoms with E-state index in [0.717, 1.165) is 5.69 Å². The van der Waals surface area contributed by atoms with Crippen LogP contribution < -0.4 is 10.4 Å². The van der Waals surface area contributed by atoms with Gasteiger partial charge in [0.15, 0.2) is 0 Å². The zero-order chi connectivity index (χ0) is 15.6. The molecule has 1 N–H and O–H groups in total. The minimum Gasteiger partial charge on any atom is -0.496 e. The molecule has 0 aliphatic heterocycles. The van der Waals surface area contributed by atoms with Crippen molar-refractivity contribution in [1.82, 2.24) is 9.55 Å². The van der Waals surface area contributed by atoms with Gasteiger partial charge in [-0.15, -0.1) is 0 Å². The van der Waals surface area contributed by atoms with Crippen LogP contribution >= 0.6 is 0 Å². The Bertz CT molecular complexity index is 750. The Labute approximate surface area is 121 Å². The lowest BCUT2D eigenvalue weighted by molar-refractivity contribution is 0.0696. The van der Waals surface area contributed by atoms with Gasteiger partial charge in [0, 0.05) is 17.0 Å². The van der Waals surface area contributed by atoms with Crippen molar-refractivity contribution in [3.63, 3.8) is 0 Å². The van der Waals surface area contributed by atoms with Crippen molar-refractivity contribution < 1.29 is 14.6 Å². The minimum atomic E-state index is -1.02. The molecule has 6 nitrogen and oxygen atoms in total. The summed E-state index contributed by atoms with van der Waals surface area (Å²) in [5.74, 6) is -0.489. The third-order valence-electron chi connectivity index (χ3n) is 3.20. The molecule has 0 aliphatic carbocycles. The van der Waals surface area contributed by atoms with E-state index in [2.05, 4.69) is 4.98 Å². The maximum atomic E-state index is 12.0. The van der Waals surface area contributed by atoms with E-state index >= 15 is 0 Å². The molecule has 0 radical (unpaired) electrons. The smallest absolute Gasteiger partial charge is 0.348 e. The average Bonchev–Trinajstić information content (AvgIpc) is 2.42. The molecular formula is C15H16N2O4. The second kappa shape index (κ2) is 5.78. The zero-order valence-electron chi connectivity index (χ0n) is 12.1. The Morgan fingerprint density at radius 3 is 2.62 bits per heavy atom. The first-order valence-electron chi connectivity index (χ1n) is 6.37. The van der Waals surface area contributed by atoms with Gasteiger partial charge >= 0.3 is 11.7 Å². The standard InChI is InChI=1S/C15H16N2O4/c1-9-6-10(2)17(15(20)16-9)8-12-7-11(14(18)19)4-5-13(12)21-3/h4-7H,8H2,1-3H3,(H,18,19). The van der Waals surface area contributed by atoms with Crippen LogP contribution in [0.3, 0.4) is 0 Å². The lowest BCUT2D eigenvalue weighted by Gasteiger charge is -2.13. The molecular weight excluding hydrogens is 272 g/mol. The number of nitrogens with zero attached hydrogens (tertiary/aromatic N) is 2. The minimum absolute atomic E-state index is 0.150. The molecule has 110 valence electrons. The van der Waals surface area contributed by atoms with Gasteiger partial charge in [-0.2, -0.15) is 4.98 Å². The van der Waals surface area contributed by atoms with Gasteiger partial charge in [0.2, 0.25) is 0 Å². The number of methoxy groups -OCH3 is 1. The predicted octanol–water partition coefficient (Wildman–Crippen LogP) is 1.62. The number of carbonyl (C=O) groups is 1. The van der Waals surface area contributed by atoms with Gasteiger partial charge in [0.25, 0.3) is 0 Å². The fourth-order valence-corrected chi connectivity index (χ4v) is 2.17. The van der Waals surface area contributed by atoms with Gasteiger partial charge in [-0.1, -0.05) is 0 Å². The first-order valence-corrected chi connectivity index (χ1v) is 6.37. The van der Waals surface area contributed by atoms with E-state index in [-0.39, 0.29) is 17.8 Å². The number of carboxylic acid groups (broad SMARTS) is 1. The van der Waals surface area contributed by atoms with Crippen molar-refractivity contribution in [1.29, 1.82) is 0 Å². The van der Waals surface area contributed by atoms with Gasteiger partial charge < -0.3 is 9.84 Å². The van der Waals surface area contributed by atoms with E-state index in [1.165, 1.54) is 23.8 Å². The van der Waals surface area contributed by atoms with Gasteiger partial charge in [-0.25, -0.2) is 9.59 Å². The number of hydrogen-bond acceptors (Lipinski definition) is 4. The van der Waals surface area contributed by atoms with E-state index in [1.807, 2.05) is 6.92 Å². The van der Waals surface area contributed by atoms with Crippen molar-refractivity contribution in [3.05, 3.63) is 57.3 Å². The van der Waals surface area contributed by atoms with Crippen LogP contribution in [0.1, 0.15) is 27.3 Å². The highest BCUT2D eigenvalue weighted by atomic mass is 16.5. The van der Waals surface area contributed by atoms with Crippen molar-refractivity contribution >= 4 is 5.97 Å². The molecule has 6 heteroatoms. The Hall–Kier alpha value is -2.63. The molecule has 0 aliphatic rings. The van der Waals surface area contributed by atoms with Crippen molar-refractivity contribution in [2.24, 2.45) is 0 Å². The monoisotopic (exact) mass is 288 g/mol. The molecule has 2 rings (SSSR count). The first kappa shape index (κ1) is 14.8. The van der Waals surface area contributed by atoms with E-state index in [9.17, 15) is 9.59 Å². The van der Waals surface area contributed by atoms with Crippen LogP contribution in [0.5, 0.6) is 5.75 Å². The summed E-state index contributed by atoms with van der Waals surface area (Å²) in [7, 11) is 1.50. The predicted molar refractivity (Wildman–Crippen MR) is 77.0 cm³/mol. The van der Waals surface area contributed by atoms with Crippen molar-refractivity contribution in [3.8, 4) is 5.75 Å². The normalized spacial score (nSPS) is 10.4. The molecule has 0 saturated carbocycles. The van der Waals surface area contributed by atoms with Crippen LogP contribution in [0.4, 0.5) is 0 Å². The Kier molecular flexibility index (Phi) is 4.07. The SMILES string of the molecule is COc1ccc(C(=O)O)cc1Cn1c(C)cc(C)nc1=O.